The molecule has 1 aromatic carbocycles. The van der Waals surface area contributed by atoms with Crippen molar-refractivity contribution in [2.75, 3.05) is 13.1 Å². The predicted molar refractivity (Wildman–Crippen MR) is 70.7 cm³/mol. The molecule has 0 aromatic heterocycles. The third-order valence-corrected chi connectivity index (χ3v) is 3.15. The molecule has 3 N–H and O–H groups in total. The second-order valence-corrected chi connectivity index (χ2v) is 5.57. The molecule has 0 amide bonds. The number of nitrogens with one attached hydrogen (secondary N) is 1. The van der Waals surface area contributed by atoms with Crippen LogP contribution in [0.15, 0.2) is 12.1 Å². The summed E-state index contributed by atoms with van der Waals surface area (Å²) in [5, 5.41) is 3.85. The molecule has 96 valence electrons. The van der Waals surface area contributed by atoms with Crippen molar-refractivity contribution in [3.63, 3.8) is 0 Å². The molecule has 0 bridgehead atoms. The standard InChI is InChI=1S/C13H20ClFN2/c1-9-4-11(14)10(5-12(9)15)6-17-8-13(2,3)7-16/h4-5,17H,6-8,16H2,1-3H3. The van der Waals surface area contributed by atoms with Crippen LogP contribution in [0.2, 0.25) is 5.02 Å². The molecule has 0 aliphatic carbocycles. The second-order valence-electron chi connectivity index (χ2n) is 5.16. The number of hydrogen-bond donors (Lipinski definition) is 2. The van der Waals surface area contributed by atoms with Gasteiger partial charge in [-0.25, -0.2) is 4.39 Å². The van der Waals surface area contributed by atoms with Gasteiger partial charge in [0.2, 0.25) is 0 Å². The highest BCUT2D eigenvalue weighted by Gasteiger charge is 2.15. The third-order valence-electron chi connectivity index (χ3n) is 2.80. The van der Waals surface area contributed by atoms with Crippen LogP contribution < -0.4 is 11.1 Å². The Labute approximate surface area is 107 Å². The quantitative estimate of drug-likeness (QED) is 0.852. The molecule has 0 saturated heterocycles. The van der Waals surface area contributed by atoms with Crippen molar-refractivity contribution in [3.8, 4) is 0 Å². The molecule has 0 saturated carbocycles. The van der Waals surface area contributed by atoms with E-state index in [1.165, 1.54) is 6.07 Å². The van der Waals surface area contributed by atoms with Crippen molar-refractivity contribution < 1.29 is 4.39 Å². The molecular formula is C13H20ClFN2. The van der Waals surface area contributed by atoms with Crippen molar-refractivity contribution in [2.45, 2.75) is 27.3 Å². The largest absolute Gasteiger partial charge is 0.330 e. The molecule has 0 fully saturated rings. The van der Waals surface area contributed by atoms with E-state index in [-0.39, 0.29) is 11.2 Å². The van der Waals surface area contributed by atoms with E-state index in [0.717, 1.165) is 12.1 Å². The summed E-state index contributed by atoms with van der Waals surface area (Å²) >= 11 is 6.05. The van der Waals surface area contributed by atoms with E-state index in [1.54, 1.807) is 13.0 Å². The molecular weight excluding hydrogens is 239 g/mol. The van der Waals surface area contributed by atoms with E-state index in [1.807, 2.05) is 0 Å². The molecule has 0 heterocycles. The summed E-state index contributed by atoms with van der Waals surface area (Å²) in [6.45, 7) is 7.80. The molecule has 0 unspecified atom stereocenters. The lowest BCUT2D eigenvalue weighted by molar-refractivity contribution is 0.351. The molecule has 1 rings (SSSR count). The number of aryl methyl sites for hydroxylation is 1. The number of rotatable bonds is 5. The van der Waals surface area contributed by atoms with Gasteiger partial charge in [0.15, 0.2) is 0 Å². The van der Waals surface area contributed by atoms with Crippen LogP contribution in [-0.4, -0.2) is 13.1 Å². The zero-order valence-corrected chi connectivity index (χ0v) is 11.4. The molecule has 2 nitrogen and oxygen atoms in total. The zero-order chi connectivity index (χ0) is 13.1. The monoisotopic (exact) mass is 258 g/mol. The van der Waals surface area contributed by atoms with Crippen molar-refractivity contribution in [1.29, 1.82) is 0 Å². The van der Waals surface area contributed by atoms with Gasteiger partial charge in [0.25, 0.3) is 0 Å². The highest BCUT2D eigenvalue weighted by atomic mass is 35.5. The van der Waals surface area contributed by atoms with Crippen LogP contribution in [0.1, 0.15) is 25.0 Å². The number of hydrogen-bond acceptors (Lipinski definition) is 2. The Bertz CT molecular complexity index is 391. The molecule has 0 spiro atoms. The lowest BCUT2D eigenvalue weighted by Gasteiger charge is -2.22. The highest BCUT2D eigenvalue weighted by Crippen LogP contribution is 2.20. The molecule has 17 heavy (non-hydrogen) atoms. The van der Waals surface area contributed by atoms with Gasteiger partial charge >= 0.3 is 0 Å². The van der Waals surface area contributed by atoms with Crippen LogP contribution in [-0.2, 0) is 6.54 Å². The van der Waals surface area contributed by atoms with Crippen LogP contribution in [0.3, 0.4) is 0 Å². The first-order chi connectivity index (χ1) is 7.85. The van der Waals surface area contributed by atoms with Crippen molar-refractivity contribution in [2.24, 2.45) is 11.1 Å². The summed E-state index contributed by atoms with van der Waals surface area (Å²) in [5.41, 5.74) is 7.02. The van der Waals surface area contributed by atoms with Crippen LogP contribution in [0.5, 0.6) is 0 Å². The molecule has 0 aliphatic heterocycles. The SMILES string of the molecule is Cc1cc(Cl)c(CNCC(C)(C)CN)cc1F. The van der Waals surface area contributed by atoms with E-state index < -0.39 is 0 Å². The predicted octanol–water partition coefficient (Wildman–Crippen LogP) is 2.86. The van der Waals surface area contributed by atoms with Crippen molar-refractivity contribution in [3.05, 3.63) is 34.1 Å². The Morgan fingerprint density at radius 2 is 2.06 bits per heavy atom. The minimum atomic E-state index is -0.218. The Morgan fingerprint density at radius 3 is 2.65 bits per heavy atom. The second kappa shape index (κ2) is 5.80. The van der Waals surface area contributed by atoms with Crippen LogP contribution in [0.25, 0.3) is 0 Å². The third kappa shape index (κ3) is 4.26. The van der Waals surface area contributed by atoms with E-state index in [2.05, 4.69) is 19.2 Å². The Kier molecular flexibility index (Phi) is 4.92. The average molecular weight is 259 g/mol. The fourth-order valence-corrected chi connectivity index (χ4v) is 1.72. The maximum atomic E-state index is 13.4. The summed E-state index contributed by atoms with van der Waals surface area (Å²) in [6, 6.07) is 3.14. The lowest BCUT2D eigenvalue weighted by atomic mass is 9.94. The summed E-state index contributed by atoms with van der Waals surface area (Å²) in [6.07, 6.45) is 0. The number of nitrogens with two attached hydrogens (primary N) is 1. The summed E-state index contributed by atoms with van der Waals surface area (Å²) in [4.78, 5) is 0. The van der Waals surface area contributed by atoms with Gasteiger partial charge < -0.3 is 11.1 Å². The van der Waals surface area contributed by atoms with Gasteiger partial charge in [0.1, 0.15) is 5.82 Å². The zero-order valence-electron chi connectivity index (χ0n) is 10.6. The van der Waals surface area contributed by atoms with Gasteiger partial charge in [-0.3, -0.25) is 0 Å². The first-order valence-electron chi connectivity index (χ1n) is 5.71. The van der Waals surface area contributed by atoms with Gasteiger partial charge in [-0.05, 0) is 42.1 Å². The molecule has 0 atom stereocenters. The summed E-state index contributed by atoms with van der Waals surface area (Å²) in [7, 11) is 0. The Balaban J connectivity index is 2.61. The van der Waals surface area contributed by atoms with E-state index in [0.29, 0.717) is 23.7 Å². The van der Waals surface area contributed by atoms with Crippen molar-refractivity contribution in [1.82, 2.24) is 5.32 Å². The summed E-state index contributed by atoms with van der Waals surface area (Å²) < 4.78 is 13.4. The maximum absolute atomic E-state index is 13.4. The Morgan fingerprint density at radius 1 is 1.41 bits per heavy atom. The highest BCUT2D eigenvalue weighted by molar-refractivity contribution is 6.31. The molecule has 1 aromatic rings. The van der Waals surface area contributed by atoms with Gasteiger partial charge in [-0.1, -0.05) is 25.4 Å². The van der Waals surface area contributed by atoms with Gasteiger partial charge in [-0.2, -0.15) is 0 Å². The Hall–Kier alpha value is -0.640. The number of benzene rings is 1. The average Bonchev–Trinajstić information content (AvgIpc) is 2.25. The first kappa shape index (κ1) is 14.4. The first-order valence-corrected chi connectivity index (χ1v) is 6.09. The van der Waals surface area contributed by atoms with Crippen LogP contribution >= 0.6 is 11.6 Å². The van der Waals surface area contributed by atoms with E-state index in [9.17, 15) is 4.39 Å². The van der Waals surface area contributed by atoms with E-state index in [4.69, 9.17) is 17.3 Å². The minimum absolute atomic E-state index is 0.0374. The topological polar surface area (TPSA) is 38.0 Å². The van der Waals surface area contributed by atoms with Gasteiger partial charge in [0.05, 0.1) is 0 Å². The molecule has 4 heteroatoms. The van der Waals surface area contributed by atoms with E-state index >= 15 is 0 Å². The van der Waals surface area contributed by atoms with Crippen molar-refractivity contribution >= 4 is 11.6 Å². The smallest absolute Gasteiger partial charge is 0.126 e. The van der Waals surface area contributed by atoms with Crippen LogP contribution in [0.4, 0.5) is 4.39 Å². The lowest BCUT2D eigenvalue weighted by Crippen LogP contribution is -2.35. The van der Waals surface area contributed by atoms with Gasteiger partial charge in [0, 0.05) is 18.1 Å². The fraction of sp³-hybridized carbons (Fsp3) is 0.538. The maximum Gasteiger partial charge on any atom is 0.126 e. The normalized spacial score (nSPS) is 11.9. The minimum Gasteiger partial charge on any atom is -0.330 e. The summed E-state index contributed by atoms with van der Waals surface area (Å²) in [5.74, 6) is -0.218. The molecule has 0 radical (unpaired) electrons. The van der Waals surface area contributed by atoms with Gasteiger partial charge in [-0.15, -0.1) is 0 Å². The number of halogens is 2. The molecule has 0 aliphatic rings. The fourth-order valence-electron chi connectivity index (χ4n) is 1.43. The van der Waals surface area contributed by atoms with Crippen LogP contribution in [0, 0.1) is 18.2 Å².